The lowest BCUT2D eigenvalue weighted by Crippen LogP contribution is -2.16. The maximum absolute atomic E-state index is 12.7. The molecule has 3 heterocycles. The SMILES string of the molecule is CCCCn1nccc1NC(=O)c1cnc2c(cnn2Cc2ccccc2)c1. The molecule has 0 bridgehead atoms. The van der Waals surface area contributed by atoms with E-state index in [0.717, 1.165) is 36.0 Å². The second-order valence-corrected chi connectivity index (χ2v) is 6.67. The lowest BCUT2D eigenvalue weighted by molar-refractivity contribution is 0.102. The van der Waals surface area contributed by atoms with Crippen molar-refractivity contribution >= 4 is 22.8 Å². The standard InChI is InChI=1S/C21H22N6O/c1-2-3-11-26-19(9-10-23-26)25-21(28)18-12-17-14-24-27(20(17)22-13-18)15-16-7-5-4-6-8-16/h4-10,12-14H,2-3,11,15H2,1H3,(H,25,28). The molecule has 3 aromatic heterocycles. The summed E-state index contributed by atoms with van der Waals surface area (Å²) in [6.07, 6.45) is 7.11. The highest BCUT2D eigenvalue weighted by molar-refractivity contribution is 6.05. The fourth-order valence-corrected chi connectivity index (χ4v) is 3.08. The van der Waals surface area contributed by atoms with Crippen LogP contribution in [-0.4, -0.2) is 30.5 Å². The quantitative estimate of drug-likeness (QED) is 0.535. The van der Waals surface area contributed by atoms with Crippen LogP contribution in [0.3, 0.4) is 0 Å². The predicted octanol–water partition coefficient (Wildman–Crippen LogP) is 3.73. The number of rotatable bonds is 7. The van der Waals surface area contributed by atoms with Gasteiger partial charge in [0.25, 0.3) is 5.91 Å². The summed E-state index contributed by atoms with van der Waals surface area (Å²) in [4.78, 5) is 17.1. The van der Waals surface area contributed by atoms with Crippen molar-refractivity contribution in [3.05, 3.63) is 72.2 Å². The summed E-state index contributed by atoms with van der Waals surface area (Å²) in [6.45, 7) is 3.54. The van der Waals surface area contributed by atoms with Gasteiger partial charge in [-0.2, -0.15) is 10.2 Å². The summed E-state index contributed by atoms with van der Waals surface area (Å²) in [5.41, 5.74) is 2.40. The molecule has 7 nitrogen and oxygen atoms in total. The molecule has 0 saturated carbocycles. The van der Waals surface area contributed by atoms with E-state index in [1.807, 2.05) is 33.6 Å². The van der Waals surface area contributed by atoms with E-state index in [9.17, 15) is 4.79 Å². The van der Waals surface area contributed by atoms with E-state index in [0.29, 0.717) is 17.9 Å². The first-order chi connectivity index (χ1) is 13.7. The van der Waals surface area contributed by atoms with E-state index in [1.54, 1.807) is 24.7 Å². The molecule has 0 radical (unpaired) electrons. The van der Waals surface area contributed by atoms with Gasteiger partial charge in [-0.25, -0.2) is 14.3 Å². The first-order valence-electron chi connectivity index (χ1n) is 9.43. The van der Waals surface area contributed by atoms with Crippen molar-refractivity contribution in [2.45, 2.75) is 32.9 Å². The Hall–Kier alpha value is -3.48. The van der Waals surface area contributed by atoms with Crippen LogP contribution in [0.25, 0.3) is 11.0 Å². The summed E-state index contributed by atoms with van der Waals surface area (Å²) in [5, 5.41) is 12.4. The molecule has 4 rings (SSSR count). The fourth-order valence-electron chi connectivity index (χ4n) is 3.08. The molecule has 0 aliphatic heterocycles. The summed E-state index contributed by atoms with van der Waals surface area (Å²) < 4.78 is 3.65. The van der Waals surface area contributed by atoms with Crippen LogP contribution in [0.2, 0.25) is 0 Å². The molecule has 7 heteroatoms. The largest absolute Gasteiger partial charge is 0.307 e. The van der Waals surface area contributed by atoms with Gasteiger partial charge < -0.3 is 5.32 Å². The van der Waals surface area contributed by atoms with Gasteiger partial charge in [0.05, 0.1) is 24.5 Å². The van der Waals surface area contributed by atoms with Crippen molar-refractivity contribution in [3.63, 3.8) is 0 Å². The zero-order valence-electron chi connectivity index (χ0n) is 15.7. The number of amides is 1. The van der Waals surface area contributed by atoms with E-state index in [1.165, 1.54) is 0 Å². The number of anilines is 1. The Kier molecular flexibility index (Phi) is 5.14. The second kappa shape index (κ2) is 8.04. The average Bonchev–Trinajstić information content (AvgIpc) is 3.33. The second-order valence-electron chi connectivity index (χ2n) is 6.67. The molecule has 0 aliphatic carbocycles. The smallest absolute Gasteiger partial charge is 0.258 e. The maximum atomic E-state index is 12.7. The number of hydrogen-bond donors (Lipinski definition) is 1. The number of hydrogen-bond acceptors (Lipinski definition) is 4. The molecule has 28 heavy (non-hydrogen) atoms. The molecule has 0 unspecified atom stereocenters. The van der Waals surface area contributed by atoms with Crippen molar-refractivity contribution in [1.82, 2.24) is 24.5 Å². The van der Waals surface area contributed by atoms with E-state index < -0.39 is 0 Å². The number of aromatic nitrogens is 5. The van der Waals surface area contributed by atoms with Crippen molar-refractivity contribution in [2.24, 2.45) is 0 Å². The highest BCUT2D eigenvalue weighted by atomic mass is 16.1. The van der Waals surface area contributed by atoms with E-state index in [-0.39, 0.29) is 5.91 Å². The number of unbranched alkanes of at least 4 members (excludes halogenated alkanes) is 1. The minimum absolute atomic E-state index is 0.205. The van der Waals surface area contributed by atoms with E-state index >= 15 is 0 Å². The molecule has 0 saturated heterocycles. The molecule has 4 aromatic rings. The minimum atomic E-state index is -0.205. The molecule has 1 N–H and O–H groups in total. The van der Waals surface area contributed by atoms with Crippen LogP contribution in [0.5, 0.6) is 0 Å². The Morgan fingerprint density at radius 3 is 2.75 bits per heavy atom. The van der Waals surface area contributed by atoms with Crippen molar-refractivity contribution in [2.75, 3.05) is 5.32 Å². The molecular weight excluding hydrogens is 352 g/mol. The van der Waals surface area contributed by atoms with Gasteiger partial charge >= 0.3 is 0 Å². The van der Waals surface area contributed by atoms with Crippen LogP contribution >= 0.6 is 0 Å². The Bertz CT molecular complexity index is 1080. The maximum Gasteiger partial charge on any atom is 0.258 e. The van der Waals surface area contributed by atoms with Gasteiger partial charge in [-0.15, -0.1) is 0 Å². The first-order valence-corrected chi connectivity index (χ1v) is 9.43. The molecule has 1 aromatic carbocycles. The molecule has 142 valence electrons. The predicted molar refractivity (Wildman–Crippen MR) is 108 cm³/mol. The van der Waals surface area contributed by atoms with Gasteiger partial charge in [-0.3, -0.25) is 4.79 Å². The van der Waals surface area contributed by atoms with Gasteiger partial charge in [-0.1, -0.05) is 43.7 Å². The highest BCUT2D eigenvalue weighted by Crippen LogP contribution is 2.16. The summed E-state index contributed by atoms with van der Waals surface area (Å²) in [6, 6.07) is 13.7. The fraction of sp³-hybridized carbons (Fsp3) is 0.238. The topological polar surface area (TPSA) is 77.6 Å². The van der Waals surface area contributed by atoms with Crippen molar-refractivity contribution in [1.29, 1.82) is 0 Å². The summed E-state index contributed by atoms with van der Waals surface area (Å²) in [5.74, 6) is 0.488. The van der Waals surface area contributed by atoms with Gasteiger partial charge in [0.15, 0.2) is 5.65 Å². The molecule has 1 amide bonds. The van der Waals surface area contributed by atoms with Gasteiger partial charge in [0, 0.05) is 24.2 Å². The summed E-state index contributed by atoms with van der Waals surface area (Å²) in [7, 11) is 0. The van der Waals surface area contributed by atoms with Gasteiger partial charge in [0.2, 0.25) is 0 Å². The Labute approximate surface area is 163 Å². The zero-order chi connectivity index (χ0) is 19.3. The van der Waals surface area contributed by atoms with Crippen LogP contribution in [0.15, 0.2) is 61.1 Å². The molecule has 0 spiro atoms. The number of nitrogens with one attached hydrogen (secondary N) is 1. The van der Waals surface area contributed by atoms with Gasteiger partial charge in [0.1, 0.15) is 5.82 Å². The van der Waals surface area contributed by atoms with Crippen molar-refractivity contribution < 1.29 is 4.79 Å². The monoisotopic (exact) mass is 374 g/mol. The van der Waals surface area contributed by atoms with E-state index in [4.69, 9.17) is 0 Å². The lowest BCUT2D eigenvalue weighted by atomic mass is 10.2. The first kappa shape index (κ1) is 17.9. The number of fused-ring (bicyclic) bond motifs is 1. The number of benzene rings is 1. The Morgan fingerprint density at radius 1 is 1.07 bits per heavy atom. The number of pyridine rings is 1. The third-order valence-electron chi connectivity index (χ3n) is 4.59. The van der Waals surface area contributed by atoms with Crippen LogP contribution in [0.4, 0.5) is 5.82 Å². The van der Waals surface area contributed by atoms with Crippen LogP contribution in [-0.2, 0) is 13.1 Å². The normalized spacial score (nSPS) is 11.0. The van der Waals surface area contributed by atoms with Gasteiger partial charge in [-0.05, 0) is 18.1 Å². The van der Waals surface area contributed by atoms with E-state index in [2.05, 4.69) is 39.6 Å². The minimum Gasteiger partial charge on any atom is -0.307 e. The molecule has 0 aliphatic rings. The Balaban J connectivity index is 1.52. The zero-order valence-corrected chi connectivity index (χ0v) is 15.7. The molecular formula is C21H22N6O. The number of nitrogens with zero attached hydrogens (tertiary/aromatic N) is 5. The number of carbonyl (C=O) groups excluding carboxylic acids is 1. The number of carbonyl (C=O) groups is 1. The number of aryl methyl sites for hydroxylation is 1. The lowest BCUT2D eigenvalue weighted by Gasteiger charge is -2.08. The average molecular weight is 374 g/mol. The van der Waals surface area contributed by atoms with Crippen LogP contribution in [0, 0.1) is 0 Å². The molecule has 0 atom stereocenters. The van der Waals surface area contributed by atoms with Crippen molar-refractivity contribution in [3.8, 4) is 0 Å². The third kappa shape index (κ3) is 3.78. The summed E-state index contributed by atoms with van der Waals surface area (Å²) >= 11 is 0. The third-order valence-corrected chi connectivity index (χ3v) is 4.59. The van der Waals surface area contributed by atoms with Crippen LogP contribution in [0.1, 0.15) is 35.7 Å². The highest BCUT2D eigenvalue weighted by Gasteiger charge is 2.13. The molecule has 0 fully saturated rings. The van der Waals surface area contributed by atoms with Crippen LogP contribution < -0.4 is 5.32 Å². The Morgan fingerprint density at radius 2 is 1.93 bits per heavy atom.